The van der Waals surface area contributed by atoms with Crippen molar-refractivity contribution in [3.63, 3.8) is 0 Å². The molecular weight excluding hydrogens is 249 g/mol. The average molecular weight is 265 g/mol. The molecule has 0 amide bonds. The summed E-state index contributed by atoms with van der Waals surface area (Å²) >= 11 is 0. The van der Waals surface area contributed by atoms with Crippen molar-refractivity contribution in [2.75, 3.05) is 0 Å². The third kappa shape index (κ3) is 8.88. The van der Waals surface area contributed by atoms with Gasteiger partial charge >= 0.3 is 15.6 Å². The van der Waals surface area contributed by atoms with Gasteiger partial charge in [-0.05, 0) is 5.04 Å². The van der Waals surface area contributed by atoms with Gasteiger partial charge in [0.25, 0.3) is 0 Å². The van der Waals surface area contributed by atoms with Crippen molar-refractivity contribution in [2.24, 2.45) is 0 Å². The first-order valence-electron chi connectivity index (χ1n) is 4.04. The van der Waals surface area contributed by atoms with Crippen LogP contribution in [0.2, 0.25) is 18.1 Å². The van der Waals surface area contributed by atoms with Gasteiger partial charge in [0.1, 0.15) is 0 Å². The van der Waals surface area contributed by atoms with Gasteiger partial charge in [-0.25, -0.2) is 0 Å². The van der Waals surface area contributed by atoms with Gasteiger partial charge in [0.05, 0.1) is 0 Å². The minimum atomic E-state index is -5.84. The van der Waals surface area contributed by atoms with E-state index in [4.69, 9.17) is 13.0 Å². The number of rotatable bonds is 0. The molecule has 0 aromatic carbocycles. The molecule has 0 fully saturated rings. The zero-order chi connectivity index (χ0) is 13.1. The minimum absolute atomic E-state index is 0.0502. The normalized spacial score (nSPS) is 13.5. The zero-order valence-electron chi connectivity index (χ0n) is 9.31. The van der Waals surface area contributed by atoms with E-state index in [1.165, 1.54) is 0 Å². The van der Waals surface area contributed by atoms with E-state index in [-0.39, 0.29) is 8.80 Å². The van der Waals surface area contributed by atoms with Crippen molar-refractivity contribution in [3.05, 3.63) is 0 Å². The van der Waals surface area contributed by atoms with E-state index < -0.39 is 15.6 Å². The first-order valence-corrected chi connectivity index (χ1v) is 7.98. The van der Waals surface area contributed by atoms with Crippen LogP contribution in [0.5, 0.6) is 0 Å². The SMILES string of the molecule is C[Si](C)C(C)(C)C.O=S(=O)(O)C(F)(F)F. The van der Waals surface area contributed by atoms with Crippen LogP contribution in [0.3, 0.4) is 0 Å². The van der Waals surface area contributed by atoms with Crippen molar-refractivity contribution in [1.82, 2.24) is 0 Å². The van der Waals surface area contributed by atoms with Crippen molar-refractivity contribution in [3.8, 4) is 0 Å². The number of halogens is 3. The smallest absolute Gasteiger partial charge is 0.279 e. The summed E-state index contributed by atoms with van der Waals surface area (Å²) in [6, 6.07) is 0. The molecule has 0 atom stereocenters. The summed E-state index contributed by atoms with van der Waals surface area (Å²) in [6.07, 6.45) is 0. The lowest BCUT2D eigenvalue weighted by atomic mass is 10.2. The lowest BCUT2D eigenvalue weighted by Gasteiger charge is -2.20. The lowest BCUT2D eigenvalue weighted by Crippen LogP contribution is -2.21. The monoisotopic (exact) mass is 265 g/mol. The number of alkyl halides is 3. The highest BCUT2D eigenvalue weighted by Crippen LogP contribution is 2.25. The van der Waals surface area contributed by atoms with E-state index >= 15 is 0 Å². The third-order valence-corrected chi connectivity index (χ3v) is 5.38. The lowest BCUT2D eigenvalue weighted by molar-refractivity contribution is -0.0510. The Kier molecular flexibility index (Phi) is 6.13. The maximum Gasteiger partial charge on any atom is 0.522 e. The molecule has 93 valence electrons. The van der Waals surface area contributed by atoms with Crippen LogP contribution in [0.15, 0.2) is 0 Å². The van der Waals surface area contributed by atoms with E-state index in [0.29, 0.717) is 5.04 Å². The van der Waals surface area contributed by atoms with Crippen molar-refractivity contribution in [1.29, 1.82) is 0 Å². The van der Waals surface area contributed by atoms with Crippen LogP contribution in [-0.4, -0.2) is 27.3 Å². The first kappa shape index (κ1) is 17.3. The van der Waals surface area contributed by atoms with Crippen LogP contribution in [-0.2, 0) is 10.1 Å². The van der Waals surface area contributed by atoms with Gasteiger partial charge in [-0.1, -0.05) is 33.9 Å². The van der Waals surface area contributed by atoms with Gasteiger partial charge in [-0.2, -0.15) is 21.6 Å². The quantitative estimate of drug-likeness (QED) is 0.416. The van der Waals surface area contributed by atoms with Crippen LogP contribution < -0.4 is 0 Å². The highest BCUT2D eigenvalue weighted by Gasteiger charge is 2.44. The van der Waals surface area contributed by atoms with E-state index in [2.05, 4.69) is 33.9 Å². The Morgan fingerprint density at radius 2 is 1.20 bits per heavy atom. The molecule has 1 N–H and O–H groups in total. The minimum Gasteiger partial charge on any atom is -0.279 e. The molecule has 0 unspecified atom stereocenters. The molecule has 0 aliphatic carbocycles. The maximum absolute atomic E-state index is 10.7. The Morgan fingerprint density at radius 1 is 1.07 bits per heavy atom. The van der Waals surface area contributed by atoms with Crippen LogP contribution >= 0.6 is 0 Å². The van der Waals surface area contributed by atoms with E-state index in [1.54, 1.807) is 0 Å². The zero-order valence-corrected chi connectivity index (χ0v) is 11.1. The summed E-state index contributed by atoms with van der Waals surface area (Å²) in [5.41, 5.74) is -5.53. The maximum atomic E-state index is 10.7. The fourth-order valence-electron chi connectivity index (χ4n) is 0. The van der Waals surface area contributed by atoms with E-state index in [1.807, 2.05) is 0 Å². The van der Waals surface area contributed by atoms with Crippen molar-refractivity contribution >= 4 is 18.9 Å². The highest BCUT2D eigenvalue weighted by molar-refractivity contribution is 7.86. The fourth-order valence-corrected chi connectivity index (χ4v) is 0. The van der Waals surface area contributed by atoms with Gasteiger partial charge in [0.2, 0.25) is 0 Å². The predicted molar refractivity (Wildman–Crippen MR) is 54.8 cm³/mol. The van der Waals surface area contributed by atoms with Crippen LogP contribution in [0.4, 0.5) is 13.2 Å². The van der Waals surface area contributed by atoms with Gasteiger partial charge in [0.15, 0.2) is 0 Å². The Bertz CT molecular complexity index is 277. The molecule has 15 heavy (non-hydrogen) atoms. The molecule has 8 heteroatoms. The molecule has 3 nitrogen and oxygen atoms in total. The Morgan fingerprint density at radius 3 is 1.20 bits per heavy atom. The molecule has 0 saturated heterocycles. The third-order valence-electron chi connectivity index (χ3n) is 1.79. The molecule has 0 aliphatic heterocycles. The Labute approximate surface area is 90.0 Å². The van der Waals surface area contributed by atoms with Crippen LogP contribution in [0, 0.1) is 0 Å². The summed E-state index contributed by atoms with van der Waals surface area (Å²) in [6.45, 7) is 11.6. The molecule has 0 spiro atoms. The summed E-state index contributed by atoms with van der Waals surface area (Å²) in [7, 11) is -5.89. The fraction of sp³-hybridized carbons (Fsp3) is 1.00. The van der Waals surface area contributed by atoms with Gasteiger partial charge < -0.3 is 0 Å². The van der Waals surface area contributed by atoms with E-state index in [0.717, 1.165) is 0 Å². The molecule has 0 aromatic heterocycles. The molecule has 0 aromatic rings. The molecule has 0 aliphatic rings. The number of hydrogen-bond acceptors (Lipinski definition) is 2. The predicted octanol–water partition coefficient (Wildman–Crippen LogP) is 2.93. The molecule has 0 bridgehead atoms. The van der Waals surface area contributed by atoms with Gasteiger partial charge in [0, 0.05) is 8.80 Å². The van der Waals surface area contributed by atoms with Gasteiger partial charge in [-0.15, -0.1) is 0 Å². The molecule has 0 saturated carbocycles. The average Bonchev–Trinajstić information content (AvgIpc) is 1.80. The second-order valence-corrected chi connectivity index (χ2v) is 9.08. The van der Waals surface area contributed by atoms with Crippen LogP contribution in [0.25, 0.3) is 0 Å². The standard InChI is InChI=1S/C6H15Si.CHF3O3S/c1-6(2,3)7(4)5;2-1(3,4)8(5,6)7/h1-5H3;(H,5,6,7). The highest BCUT2D eigenvalue weighted by atomic mass is 32.2. The molecule has 0 heterocycles. The Balaban J connectivity index is 0. The van der Waals surface area contributed by atoms with Gasteiger partial charge in [-0.3, -0.25) is 4.55 Å². The molecular formula is C7H16F3O3SSi. The summed E-state index contributed by atoms with van der Waals surface area (Å²) in [5.74, 6) is 0. The first-order chi connectivity index (χ1) is 6.19. The summed E-state index contributed by atoms with van der Waals surface area (Å²) in [4.78, 5) is 0. The van der Waals surface area contributed by atoms with E-state index in [9.17, 15) is 13.2 Å². The Hall–Kier alpha value is -0.0831. The summed E-state index contributed by atoms with van der Waals surface area (Å²) in [5, 5.41) is 0.602. The summed E-state index contributed by atoms with van der Waals surface area (Å²) < 4.78 is 57.5. The van der Waals surface area contributed by atoms with Crippen molar-refractivity contribution in [2.45, 2.75) is 44.4 Å². The molecule has 1 radical (unpaired) electrons. The number of hydrogen-bond donors (Lipinski definition) is 1. The van der Waals surface area contributed by atoms with Crippen LogP contribution in [0.1, 0.15) is 20.8 Å². The topological polar surface area (TPSA) is 54.4 Å². The second kappa shape index (κ2) is 5.31. The van der Waals surface area contributed by atoms with Crippen molar-refractivity contribution < 1.29 is 26.1 Å². The second-order valence-electron chi connectivity index (χ2n) is 4.17. The molecule has 0 rings (SSSR count). The largest absolute Gasteiger partial charge is 0.522 e.